The van der Waals surface area contributed by atoms with E-state index in [1.807, 2.05) is 0 Å². The third kappa shape index (κ3) is 2.48. The molecule has 0 unspecified atom stereocenters. The van der Waals surface area contributed by atoms with Gasteiger partial charge in [0.2, 0.25) is 0 Å². The number of unbranched alkanes of at least 4 members (excludes halogenated alkanes) is 1. The highest BCUT2D eigenvalue weighted by atomic mass is 32.2. The highest BCUT2D eigenvalue weighted by Crippen LogP contribution is 2.50. The fourth-order valence-electron chi connectivity index (χ4n) is 4.47. The molecule has 3 heteroatoms. The summed E-state index contributed by atoms with van der Waals surface area (Å²) in [4.78, 5) is 6.97. The Balaban J connectivity index is 1.58. The highest BCUT2D eigenvalue weighted by Gasteiger charge is 2.42. The van der Waals surface area contributed by atoms with E-state index in [4.69, 9.17) is 0 Å². The van der Waals surface area contributed by atoms with Crippen LogP contribution in [0, 0.1) is 0 Å². The minimum atomic E-state index is 0.728. The van der Waals surface area contributed by atoms with Crippen molar-refractivity contribution in [1.29, 1.82) is 0 Å². The van der Waals surface area contributed by atoms with E-state index in [1.165, 1.54) is 56.1 Å². The van der Waals surface area contributed by atoms with E-state index in [1.54, 1.807) is 11.3 Å². The molecule has 2 nitrogen and oxygen atoms in total. The smallest absolute Gasteiger partial charge is 0.0543 e. The van der Waals surface area contributed by atoms with Crippen molar-refractivity contribution in [3.05, 3.63) is 36.4 Å². The lowest BCUT2D eigenvalue weighted by molar-refractivity contribution is 0.192. The molecule has 1 aromatic rings. The van der Waals surface area contributed by atoms with Gasteiger partial charge in [0, 0.05) is 36.5 Å². The standard InChI is InChI=1S/C19H26N2S/c1-2-3-4-10-20-12-9-17-16(14-20)15-7-5-8-18-19(15)21(17)11-6-13-22-18/h2,5,7-8,16-17H,1,3-4,6,9-14H2/t16-,17-/m1/s1. The summed E-state index contributed by atoms with van der Waals surface area (Å²) < 4.78 is 0. The molecule has 0 saturated carbocycles. The number of anilines is 1. The lowest BCUT2D eigenvalue weighted by Crippen LogP contribution is -2.46. The summed E-state index contributed by atoms with van der Waals surface area (Å²) in [5.74, 6) is 2.00. The molecule has 1 fully saturated rings. The first kappa shape index (κ1) is 14.6. The Kier molecular flexibility index (Phi) is 4.19. The van der Waals surface area contributed by atoms with E-state index in [0.29, 0.717) is 0 Å². The normalized spacial score (nSPS) is 27.2. The molecule has 3 aliphatic rings. The van der Waals surface area contributed by atoms with Crippen molar-refractivity contribution in [2.45, 2.75) is 42.5 Å². The van der Waals surface area contributed by atoms with Crippen LogP contribution < -0.4 is 4.90 Å². The molecule has 0 radical (unpaired) electrons. The van der Waals surface area contributed by atoms with E-state index in [2.05, 4.69) is 52.4 Å². The van der Waals surface area contributed by atoms with Crippen LogP contribution in [0.1, 0.15) is 37.2 Å². The topological polar surface area (TPSA) is 6.48 Å². The second-order valence-electron chi connectivity index (χ2n) is 6.78. The Bertz CT molecular complexity index is 556. The monoisotopic (exact) mass is 314 g/mol. The minimum absolute atomic E-state index is 0.728. The maximum Gasteiger partial charge on any atom is 0.0543 e. The van der Waals surface area contributed by atoms with Crippen LogP contribution in [-0.2, 0) is 0 Å². The Morgan fingerprint density at radius 2 is 2.27 bits per heavy atom. The number of likely N-dealkylation sites (tertiary alicyclic amines) is 1. The highest BCUT2D eigenvalue weighted by molar-refractivity contribution is 7.99. The molecular weight excluding hydrogens is 288 g/mol. The molecule has 3 aliphatic heterocycles. The number of hydrogen-bond donors (Lipinski definition) is 0. The summed E-state index contributed by atoms with van der Waals surface area (Å²) in [6.07, 6.45) is 7.11. The van der Waals surface area contributed by atoms with Gasteiger partial charge in [-0.15, -0.1) is 18.3 Å². The number of fused-ring (bicyclic) bond motifs is 3. The Labute approximate surface area is 138 Å². The lowest BCUT2D eigenvalue weighted by atomic mass is 9.89. The van der Waals surface area contributed by atoms with E-state index < -0.39 is 0 Å². The first-order valence-electron chi connectivity index (χ1n) is 8.74. The maximum atomic E-state index is 3.85. The predicted molar refractivity (Wildman–Crippen MR) is 96.1 cm³/mol. The number of rotatable bonds is 4. The van der Waals surface area contributed by atoms with Crippen LogP contribution in [0.3, 0.4) is 0 Å². The van der Waals surface area contributed by atoms with Gasteiger partial charge >= 0.3 is 0 Å². The molecule has 0 spiro atoms. The zero-order valence-electron chi connectivity index (χ0n) is 13.3. The molecule has 0 aromatic heterocycles. The number of piperidine rings is 1. The van der Waals surface area contributed by atoms with Crippen molar-refractivity contribution in [3.8, 4) is 0 Å². The number of nitrogens with zero attached hydrogens (tertiary/aromatic N) is 2. The molecule has 22 heavy (non-hydrogen) atoms. The van der Waals surface area contributed by atoms with E-state index in [9.17, 15) is 0 Å². The van der Waals surface area contributed by atoms with Gasteiger partial charge < -0.3 is 9.80 Å². The number of hydrogen-bond acceptors (Lipinski definition) is 3. The first-order chi connectivity index (χ1) is 10.9. The fraction of sp³-hybridized carbons (Fsp3) is 0.579. The van der Waals surface area contributed by atoms with Crippen molar-refractivity contribution in [1.82, 2.24) is 4.90 Å². The Morgan fingerprint density at radius 3 is 3.18 bits per heavy atom. The summed E-state index contributed by atoms with van der Waals surface area (Å²) in [5.41, 5.74) is 3.22. The second-order valence-corrected chi connectivity index (χ2v) is 7.92. The minimum Gasteiger partial charge on any atom is -0.367 e. The van der Waals surface area contributed by atoms with Crippen LogP contribution in [0.2, 0.25) is 0 Å². The molecule has 0 aliphatic carbocycles. The van der Waals surface area contributed by atoms with Crippen molar-refractivity contribution in [3.63, 3.8) is 0 Å². The molecule has 4 rings (SSSR count). The number of benzene rings is 1. The maximum absolute atomic E-state index is 3.85. The van der Waals surface area contributed by atoms with Gasteiger partial charge in [0.15, 0.2) is 0 Å². The molecule has 0 bridgehead atoms. The van der Waals surface area contributed by atoms with Gasteiger partial charge in [-0.1, -0.05) is 18.2 Å². The molecule has 2 atom stereocenters. The molecule has 1 saturated heterocycles. The van der Waals surface area contributed by atoms with Gasteiger partial charge in [0.05, 0.1) is 5.69 Å². The summed E-state index contributed by atoms with van der Waals surface area (Å²) >= 11 is 2.06. The molecule has 1 aromatic carbocycles. The van der Waals surface area contributed by atoms with Crippen molar-refractivity contribution in [2.75, 3.05) is 36.8 Å². The van der Waals surface area contributed by atoms with E-state index >= 15 is 0 Å². The zero-order chi connectivity index (χ0) is 14.9. The number of allylic oxidation sites excluding steroid dienone is 1. The van der Waals surface area contributed by atoms with Crippen LogP contribution >= 0.6 is 11.8 Å². The average Bonchev–Trinajstić information content (AvgIpc) is 2.71. The van der Waals surface area contributed by atoms with Crippen molar-refractivity contribution in [2.24, 2.45) is 0 Å². The average molecular weight is 314 g/mol. The van der Waals surface area contributed by atoms with E-state index in [0.717, 1.165) is 18.4 Å². The van der Waals surface area contributed by atoms with Crippen LogP contribution in [0.4, 0.5) is 5.69 Å². The predicted octanol–water partition coefficient (Wildman–Crippen LogP) is 4.13. The lowest BCUT2D eigenvalue weighted by Gasteiger charge is -2.39. The Hall–Kier alpha value is -0.930. The van der Waals surface area contributed by atoms with Gasteiger partial charge in [0.1, 0.15) is 0 Å². The number of thioether (sulfide) groups is 1. The van der Waals surface area contributed by atoms with Gasteiger partial charge in [0.25, 0.3) is 0 Å². The first-order valence-corrected chi connectivity index (χ1v) is 9.72. The van der Waals surface area contributed by atoms with Crippen molar-refractivity contribution < 1.29 is 0 Å². The third-order valence-electron chi connectivity index (χ3n) is 5.46. The molecule has 3 heterocycles. The Morgan fingerprint density at radius 1 is 1.32 bits per heavy atom. The molecule has 0 amide bonds. The SMILES string of the molecule is C=CCCCN1CC[C@@H]2[C@H](C1)c1cccc3c1N2CCCS3. The summed E-state index contributed by atoms with van der Waals surface area (Å²) in [7, 11) is 0. The molecular formula is C19H26N2S. The molecule has 118 valence electrons. The van der Waals surface area contributed by atoms with Gasteiger partial charge in [-0.2, -0.15) is 0 Å². The van der Waals surface area contributed by atoms with Crippen LogP contribution in [-0.4, -0.2) is 42.9 Å². The summed E-state index contributed by atoms with van der Waals surface area (Å²) in [5, 5.41) is 0. The summed E-state index contributed by atoms with van der Waals surface area (Å²) in [6, 6.07) is 7.77. The van der Waals surface area contributed by atoms with Crippen LogP contribution in [0.25, 0.3) is 0 Å². The van der Waals surface area contributed by atoms with Crippen molar-refractivity contribution >= 4 is 17.4 Å². The number of para-hydroxylation sites is 1. The van der Waals surface area contributed by atoms with Crippen LogP contribution in [0.5, 0.6) is 0 Å². The molecule has 0 N–H and O–H groups in total. The fourth-order valence-corrected chi connectivity index (χ4v) is 5.51. The zero-order valence-corrected chi connectivity index (χ0v) is 14.2. The summed E-state index contributed by atoms with van der Waals surface area (Å²) in [6.45, 7) is 8.86. The van der Waals surface area contributed by atoms with Gasteiger partial charge in [-0.25, -0.2) is 0 Å². The quantitative estimate of drug-likeness (QED) is 0.609. The largest absolute Gasteiger partial charge is 0.367 e. The third-order valence-corrected chi connectivity index (χ3v) is 6.59. The second kappa shape index (κ2) is 6.29. The van der Waals surface area contributed by atoms with E-state index in [-0.39, 0.29) is 0 Å². The van der Waals surface area contributed by atoms with Crippen LogP contribution in [0.15, 0.2) is 35.7 Å². The van der Waals surface area contributed by atoms with Gasteiger partial charge in [-0.3, -0.25) is 0 Å². The van der Waals surface area contributed by atoms with Gasteiger partial charge in [-0.05, 0) is 49.6 Å².